The lowest BCUT2D eigenvalue weighted by Gasteiger charge is -2.28. The van der Waals surface area contributed by atoms with Crippen LogP contribution >= 0.6 is 0 Å². The summed E-state index contributed by atoms with van der Waals surface area (Å²) in [4.78, 5) is 21.5. The highest BCUT2D eigenvalue weighted by Gasteiger charge is 2.32. The molecule has 0 aliphatic carbocycles. The van der Waals surface area contributed by atoms with E-state index < -0.39 is 11.9 Å². The molecule has 8 nitrogen and oxygen atoms in total. The smallest absolute Gasteiger partial charge is 0.433 e. The van der Waals surface area contributed by atoms with Gasteiger partial charge in [0.05, 0.1) is 17.6 Å². The number of anilines is 1. The van der Waals surface area contributed by atoms with Crippen LogP contribution < -0.4 is 21.3 Å². The van der Waals surface area contributed by atoms with E-state index in [1.54, 1.807) is 13.1 Å². The van der Waals surface area contributed by atoms with Crippen LogP contribution in [0.4, 0.5) is 18.9 Å². The van der Waals surface area contributed by atoms with E-state index in [4.69, 9.17) is 10.6 Å². The first kappa shape index (κ1) is 23.3. The molecule has 0 unspecified atom stereocenters. The van der Waals surface area contributed by atoms with Crippen LogP contribution in [0.5, 0.6) is 5.88 Å². The molecule has 1 amide bonds. The number of carbonyl (C=O) groups excluding carboxylic acids is 1. The highest BCUT2D eigenvalue weighted by atomic mass is 19.4. The summed E-state index contributed by atoms with van der Waals surface area (Å²) in [5, 5.41) is 2.98. The maximum absolute atomic E-state index is 12.7. The van der Waals surface area contributed by atoms with Crippen molar-refractivity contribution in [1.29, 1.82) is 0 Å². The van der Waals surface area contributed by atoms with Crippen molar-refractivity contribution in [3.63, 3.8) is 0 Å². The van der Waals surface area contributed by atoms with Gasteiger partial charge >= 0.3 is 6.18 Å². The molecule has 0 saturated heterocycles. The van der Waals surface area contributed by atoms with E-state index in [9.17, 15) is 18.0 Å². The quantitative estimate of drug-likeness (QED) is 0.440. The zero-order valence-electron chi connectivity index (χ0n) is 17.8. The van der Waals surface area contributed by atoms with E-state index in [0.29, 0.717) is 48.9 Å². The number of ether oxygens (including phenoxy) is 1. The summed E-state index contributed by atoms with van der Waals surface area (Å²) in [6.07, 6.45) is -0.540. The molecule has 0 fully saturated rings. The standard InChI is InChI=1S/C21H25F3N6O2/c1-3-20(31)30-7-6-14-8-19(27-9-15(14)11-30)32-12-17(13(2)29-25)28-16-4-5-18(26-10-16)21(22,23)24/h4-5,8-10,28-29H,3,6-7,11-12,25H2,1-2H3/b17-13-. The molecule has 0 atom stereocenters. The van der Waals surface area contributed by atoms with Gasteiger partial charge in [-0.25, -0.2) is 9.97 Å². The Balaban J connectivity index is 1.67. The number of halogens is 3. The average molecular weight is 450 g/mol. The van der Waals surface area contributed by atoms with Crippen molar-refractivity contribution >= 4 is 11.6 Å². The van der Waals surface area contributed by atoms with E-state index in [1.807, 2.05) is 17.9 Å². The first-order chi connectivity index (χ1) is 15.2. The molecule has 2 aromatic heterocycles. The molecule has 3 heterocycles. The van der Waals surface area contributed by atoms with Gasteiger partial charge in [-0.1, -0.05) is 6.92 Å². The summed E-state index contributed by atoms with van der Waals surface area (Å²) < 4.78 is 43.9. The van der Waals surface area contributed by atoms with Crippen molar-refractivity contribution < 1.29 is 22.7 Å². The number of hydrogen-bond acceptors (Lipinski definition) is 7. The number of allylic oxidation sites excluding steroid dienone is 1. The van der Waals surface area contributed by atoms with Crippen molar-refractivity contribution in [3.05, 3.63) is 58.8 Å². The van der Waals surface area contributed by atoms with Gasteiger partial charge in [-0.3, -0.25) is 10.6 Å². The van der Waals surface area contributed by atoms with Crippen molar-refractivity contribution in [2.24, 2.45) is 5.84 Å². The molecule has 0 saturated carbocycles. The van der Waals surface area contributed by atoms with Gasteiger partial charge in [0.2, 0.25) is 11.8 Å². The molecule has 0 aromatic carbocycles. The van der Waals surface area contributed by atoms with Crippen molar-refractivity contribution in [2.75, 3.05) is 18.5 Å². The second kappa shape index (κ2) is 9.86. The number of carbonyl (C=O) groups is 1. The molecule has 3 rings (SSSR count). The van der Waals surface area contributed by atoms with E-state index in [-0.39, 0.29) is 12.5 Å². The normalized spacial score (nSPS) is 14.4. The van der Waals surface area contributed by atoms with Crippen LogP contribution in [0.2, 0.25) is 0 Å². The molecule has 4 N–H and O–H groups in total. The number of fused-ring (bicyclic) bond motifs is 1. The fourth-order valence-electron chi connectivity index (χ4n) is 3.22. The Kier molecular flexibility index (Phi) is 7.18. The lowest BCUT2D eigenvalue weighted by atomic mass is 10.0. The van der Waals surface area contributed by atoms with Crippen LogP contribution in [0.3, 0.4) is 0 Å². The zero-order valence-corrected chi connectivity index (χ0v) is 17.8. The number of pyridine rings is 2. The van der Waals surface area contributed by atoms with Gasteiger partial charge in [0.15, 0.2) is 0 Å². The second-order valence-electron chi connectivity index (χ2n) is 7.30. The maximum atomic E-state index is 12.7. The topological polar surface area (TPSA) is 105 Å². The first-order valence-electron chi connectivity index (χ1n) is 10.1. The molecule has 0 bridgehead atoms. The molecular weight excluding hydrogens is 425 g/mol. The Bertz CT molecular complexity index is 992. The number of aromatic nitrogens is 2. The number of nitrogens with zero attached hydrogens (tertiary/aromatic N) is 3. The van der Waals surface area contributed by atoms with E-state index >= 15 is 0 Å². The predicted molar refractivity (Wildman–Crippen MR) is 112 cm³/mol. The third-order valence-corrected chi connectivity index (χ3v) is 5.11. The number of amides is 1. The molecule has 2 aromatic rings. The van der Waals surface area contributed by atoms with Gasteiger partial charge in [-0.2, -0.15) is 13.2 Å². The Morgan fingerprint density at radius 1 is 1.25 bits per heavy atom. The molecule has 172 valence electrons. The highest BCUT2D eigenvalue weighted by molar-refractivity contribution is 5.76. The van der Waals surface area contributed by atoms with Gasteiger partial charge < -0.3 is 20.4 Å². The van der Waals surface area contributed by atoms with Crippen molar-refractivity contribution in [3.8, 4) is 5.88 Å². The third-order valence-electron chi connectivity index (χ3n) is 5.11. The number of hydrazine groups is 1. The summed E-state index contributed by atoms with van der Waals surface area (Å²) in [5.41, 5.74) is 4.97. The molecule has 0 radical (unpaired) electrons. The molecule has 0 spiro atoms. The van der Waals surface area contributed by atoms with Gasteiger partial charge in [0.1, 0.15) is 12.3 Å². The largest absolute Gasteiger partial charge is 0.471 e. The minimum absolute atomic E-state index is 0.0449. The number of rotatable bonds is 7. The Morgan fingerprint density at radius 2 is 2.03 bits per heavy atom. The lowest BCUT2D eigenvalue weighted by Crippen LogP contribution is -2.35. The molecule has 1 aliphatic rings. The predicted octanol–water partition coefficient (Wildman–Crippen LogP) is 2.98. The minimum Gasteiger partial charge on any atom is -0.471 e. The van der Waals surface area contributed by atoms with Crippen molar-refractivity contribution in [1.82, 2.24) is 20.3 Å². The van der Waals surface area contributed by atoms with Crippen molar-refractivity contribution in [2.45, 2.75) is 39.4 Å². The Labute approximate surface area is 183 Å². The van der Waals surface area contributed by atoms with Crippen LogP contribution in [-0.2, 0) is 23.9 Å². The zero-order chi connectivity index (χ0) is 23.3. The second-order valence-corrected chi connectivity index (χ2v) is 7.30. The van der Waals surface area contributed by atoms with Crippen LogP contribution in [0.1, 0.15) is 37.1 Å². The summed E-state index contributed by atoms with van der Waals surface area (Å²) >= 11 is 0. The maximum Gasteiger partial charge on any atom is 0.433 e. The highest BCUT2D eigenvalue weighted by Crippen LogP contribution is 2.28. The van der Waals surface area contributed by atoms with Gasteiger partial charge in [-0.15, -0.1) is 0 Å². The van der Waals surface area contributed by atoms with Crippen LogP contribution in [0.25, 0.3) is 0 Å². The lowest BCUT2D eigenvalue weighted by molar-refractivity contribution is -0.141. The summed E-state index contributed by atoms with van der Waals surface area (Å²) in [5.74, 6) is 6.01. The van der Waals surface area contributed by atoms with E-state index in [2.05, 4.69) is 20.7 Å². The number of hydrogen-bond donors (Lipinski definition) is 3. The molecular formula is C21H25F3N6O2. The molecule has 32 heavy (non-hydrogen) atoms. The summed E-state index contributed by atoms with van der Waals surface area (Å²) in [6.45, 7) is 4.75. The van der Waals surface area contributed by atoms with Crippen LogP contribution in [-0.4, -0.2) is 33.9 Å². The SMILES string of the molecule is CCC(=O)N1CCc2cc(OC/C(Nc3ccc(C(F)(F)F)nc3)=C(\C)NN)ncc2C1. The monoisotopic (exact) mass is 450 g/mol. The number of nitrogens with two attached hydrogens (primary N) is 1. The minimum atomic E-state index is -4.51. The van der Waals surface area contributed by atoms with Gasteiger partial charge in [0.25, 0.3) is 0 Å². The Morgan fingerprint density at radius 3 is 2.66 bits per heavy atom. The fraction of sp³-hybridized carbons (Fsp3) is 0.381. The van der Waals surface area contributed by atoms with Gasteiger partial charge in [0, 0.05) is 37.5 Å². The third kappa shape index (κ3) is 5.67. The average Bonchev–Trinajstić information content (AvgIpc) is 2.79. The number of alkyl halides is 3. The molecule has 11 heteroatoms. The van der Waals surface area contributed by atoms with Crippen LogP contribution in [0, 0.1) is 0 Å². The fourth-order valence-corrected chi connectivity index (χ4v) is 3.22. The summed E-state index contributed by atoms with van der Waals surface area (Å²) in [6, 6.07) is 4.01. The number of nitrogens with one attached hydrogen (secondary N) is 2. The summed E-state index contributed by atoms with van der Waals surface area (Å²) in [7, 11) is 0. The van der Waals surface area contributed by atoms with Gasteiger partial charge in [-0.05, 0) is 36.6 Å². The molecule has 1 aliphatic heterocycles. The van der Waals surface area contributed by atoms with E-state index in [0.717, 1.165) is 23.4 Å². The first-order valence-corrected chi connectivity index (χ1v) is 10.1. The Hall–Kier alpha value is -3.34. The van der Waals surface area contributed by atoms with Crippen LogP contribution in [0.15, 0.2) is 42.0 Å². The van der Waals surface area contributed by atoms with E-state index in [1.165, 1.54) is 6.07 Å².